The molecule has 2 aliphatic rings. The molecule has 0 spiro atoms. The highest BCUT2D eigenvalue weighted by molar-refractivity contribution is 5.71. The predicted molar refractivity (Wildman–Crippen MR) is 152 cm³/mol. The van der Waals surface area contributed by atoms with Crippen molar-refractivity contribution in [2.24, 2.45) is 17.8 Å². The molecule has 3 aromatic carbocycles. The molecule has 0 nitrogen and oxygen atoms in total. The second-order valence-corrected chi connectivity index (χ2v) is 11.5. The summed E-state index contributed by atoms with van der Waals surface area (Å²) < 4.78 is 44.4. The lowest BCUT2D eigenvalue weighted by atomic mass is 9.68. The molecule has 0 N–H and O–H groups in total. The van der Waals surface area contributed by atoms with Crippen LogP contribution in [0.1, 0.15) is 81.8 Å². The predicted octanol–water partition coefficient (Wildman–Crippen LogP) is 10.7. The summed E-state index contributed by atoms with van der Waals surface area (Å²) in [6.07, 6.45) is 13.1. The topological polar surface area (TPSA) is 0 Å². The summed E-state index contributed by atoms with van der Waals surface area (Å²) in [7, 11) is 0. The maximum Gasteiger partial charge on any atom is 0.166 e. The molecule has 0 aliphatic heterocycles. The van der Waals surface area contributed by atoms with Crippen LogP contribution in [-0.2, 0) is 6.42 Å². The van der Waals surface area contributed by atoms with E-state index >= 15 is 4.39 Å². The first kappa shape index (κ1) is 26.8. The smallest absolute Gasteiger partial charge is 0.166 e. The van der Waals surface area contributed by atoms with E-state index in [0.717, 1.165) is 47.8 Å². The van der Waals surface area contributed by atoms with E-state index in [9.17, 15) is 8.78 Å². The van der Waals surface area contributed by atoms with Gasteiger partial charge in [0.05, 0.1) is 0 Å². The fourth-order valence-electron chi connectivity index (χ4n) is 6.91. The van der Waals surface area contributed by atoms with E-state index in [1.165, 1.54) is 38.5 Å². The first-order valence-electron chi connectivity index (χ1n) is 14.5. The second kappa shape index (κ2) is 11.9. The number of hydrogen-bond acceptors (Lipinski definition) is 0. The molecule has 2 aliphatic carbocycles. The van der Waals surface area contributed by atoms with Crippen LogP contribution in [0.25, 0.3) is 22.3 Å². The summed E-state index contributed by atoms with van der Waals surface area (Å²) in [5.74, 6) is 0.911. The molecule has 2 fully saturated rings. The molecule has 0 heterocycles. The normalized spacial score (nSPS) is 23.8. The summed E-state index contributed by atoms with van der Waals surface area (Å²) in [5, 5.41) is 0. The third kappa shape index (κ3) is 5.63. The minimum Gasteiger partial charge on any atom is -0.207 e. The van der Waals surface area contributed by atoms with Crippen LogP contribution in [-0.4, -0.2) is 0 Å². The third-order valence-electron chi connectivity index (χ3n) is 9.24. The van der Waals surface area contributed by atoms with Gasteiger partial charge < -0.3 is 0 Å². The molecule has 0 atom stereocenters. The number of aryl methyl sites for hydroxylation is 1. The van der Waals surface area contributed by atoms with Crippen LogP contribution >= 0.6 is 0 Å². The van der Waals surface area contributed by atoms with Gasteiger partial charge in [-0.15, -0.1) is 6.58 Å². The van der Waals surface area contributed by atoms with Crippen LogP contribution in [0, 0.1) is 35.2 Å². The van der Waals surface area contributed by atoms with Crippen LogP contribution in [0.15, 0.2) is 67.3 Å². The Morgan fingerprint density at radius 2 is 1.32 bits per heavy atom. The zero-order valence-corrected chi connectivity index (χ0v) is 22.5. The Hall–Kier alpha value is -2.81. The van der Waals surface area contributed by atoms with Crippen molar-refractivity contribution in [3.05, 3.63) is 95.8 Å². The van der Waals surface area contributed by atoms with E-state index in [2.05, 4.69) is 12.7 Å². The van der Waals surface area contributed by atoms with Crippen molar-refractivity contribution in [3.63, 3.8) is 0 Å². The van der Waals surface area contributed by atoms with Gasteiger partial charge in [-0.05, 0) is 115 Å². The van der Waals surface area contributed by atoms with Crippen molar-refractivity contribution in [1.82, 2.24) is 0 Å². The zero-order valence-electron chi connectivity index (χ0n) is 22.5. The van der Waals surface area contributed by atoms with Crippen LogP contribution < -0.4 is 0 Å². The molecule has 0 aromatic heterocycles. The molecule has 0 unspecified atom stereocenters. The van der Waals surface area contributed by atoms with E-state index in [0.29, 0.717) is 29.4 Å². The van der Waals surface area contributed by atoms with Gasteiger partial charge in [0.15, 0.2) is 11.6 Å². The maximum atomic E-state index is 15.3. The van der Waals surface area contributed by atoms with Gasteiger partial charge in [-0.1, -0.05) is 68.0 Å². The maximum absolute atomic E-state index is 15.3. The summed E-state index contributed by atoms with van der Waals surface area (Å²) >= 11 is 0. The second-order valence-electron chi connectivity index (χ2n) is 11.5. The van der Waals surface area contributed by atoms with Gasteiger partial charge in [0.2, 0.25) is 0 Å². The summed E-state index contributed by atoms with van der Waals surface area (Å²) in [6.45, 7) is 5.91. The molecule has 0 saturated heterocycles. The Bertz CT molecular complexity index is 1240. The number of halogens is 3. The van der Waals surface area contributed by atoms with E-state index in [1.807, 2.05) is 31.2 Å². The minimum absolute atomic E-state index is 0.138. The molecular formula is C35H39F3. The quantitative estimate of drug-likeness (QED) is 0.274. The molecule has 2 saturated carbocycles. The average Bonchev–Trinajstić information content (AvgIpc) is 2.96. The molecule has 3 heteroatoms. The largest absolute Gasteiger partial charge is 0.207 e. The van der Waals surface area contributed by atoms with Crippen molar-refractivity contribution in [1.29, 1.82) is 0 Å². The Morgan fingerprint density at radius 3 is 1.92 bits per heavy atom. The number of rotatable bonds is 7. The third-order valence-corrected chi connectivity index (χ3v) is 9.24. The van der Waals surface area contributed by atoms with Crippen LogP contribution in [0.2, 0.25) is 0 Å². The standard InChI is InChI=1S/C35H39F3/c1-3-5-29-18-21-32(35(38)34(29)37)28-16-12-26(13-17-28)30-19-20-31(33(36)22-30)27-14-10-25(11-15-27)24-8-6-23(4-2)7-9-24/h4,12-13,16-25,27H,2-3,5-11,14-15H2,1H3. The highest BCUT2D eigenvalue weighted by Gasteiger charge is 2.31. The fraction of sp³-hybridized carbons (Fsp3) is 0.429. The Kier molecular flexibility index (Phi) is 8.41. The van der Waals surface area contributed by atoms with Crippen LogP contribution in [0.4, 0.5) is 13.2 Å². The van der Waals surface area contributed by atoms with Crippen molar-refractivity contribution in [3.8, 4) is 22.3 Å². The molecule has 3 aromatic rings. The average molecular weight is 517 g/mol. The summed E-state index contributed by atoms with van der Waals surface area (Å²) in [4.78, 5) is 0. The molecular weight excluding hydrogens is 477 g/mol. The summed E-state index contributed by atoms with van der Waals surface area (Å²) in [5.41, 5.74) is 3.77. The number of benzene rings is 3. The number of allylic oxidation sites excluding steroid dienone is 1. The molecule has 38 heavy (non-hydrogen) atoms. The van der Waals surface area contributed by atoms with E-state index in [-0.39, 0.29) is 11.4 Å². The van der Waals surface area contributed by atoms with Gasteiger partial charge in [0, 0.05) is 5.56 Å². The van der Waals surface area contributed by atoms with E-state index in [1.54, 1.807) is 30.3 Å². The van der Waals surface area contributed by atoms with Gasteiger partial charge in [-0.2, -0.15) is 0 Å². The Labute approximate surface area is 226 Å². The van der Waals surface area contributed by atoms with Gasteiger partial charge in [-0.3, -0.25) is 0 Å². The Morgan fingerprint density at radius 1 is 0.711 bits per heavy atom. The summed E-state index contributed by atoms with van der Waals surface area (Å²) in [6, 6.07) is 16.2. The first-order chi connectivity index (χ1) is 18.5. The lowest BCUT2D eigenvalue weighted by Gasteiger charge is -2.37. The van der Waals surface area contributed by atoms with Gasteiger partial charge in [-0.25, -0.2) is 13.2 Å². The monoisotopic (exact) mass is 516 g/mol. The molecule has 5 rings (SSSR count). The van der Waals surface area contributed by atoms with Gasteiger partial charge in [0.1, 0.15) is 5.82 Å². The van der Waals surface area contributed by atoms with Crippen molar-refractivity contribution in [2.45, 2.75) is 77.0 Å². The van der Waals surface area contributed by atoms with Crippen molar-refractivity contribution in [2.75, 3.05) is 0 Å². The molecule has 0 bridgehead atoms. The molecule has 200 valence electrons. The number of hydrogen-bond donors (Lipinski definition) is 0. The van der Waals surface area contributed by atoms with Gasteiger partial charge >= 0.3 is 0 Å². The van der Waals surface area contributed by atoms with Gasteiger partial charge in [0.25, 0.3) is 0 Å². The molecule has 0 radical (unpaired) electrons. The molecule has 0 amide bonds. The Balaban J connectivity index is 1.24. The SMILES string of the molecule is C=CC1CCC(C2CCC(c3ccc(-c4ccc(-c5ccc(CCC)c(F)c5F)cc4)cc3F)CC2)CC1. The zero-order chi connectivity index (χ0) is 26.6. The highest BCUT2D eigenvalue weighted by atomic mass is 19.2. The lowest BCUT2D eigenvalue weighted by Crippen LogP contribution is -2.25. The van der Waals surface area contributed by atoms with E-state index < -0.39 is 11.6 Å². The van der Waals surface area contributed by atoms with Crippen LogP contribution in [0.3, 0.4) is 0 Å². The van der Waals surface area contributed by atoms with Crippen molar-refractivity contribution >= 4 is 0 Å². The fourth-order valence-corrected chi connectivity index (χ4v) is 6.91. The first-order valence-corrected chi connectivity index (χ1v) is 14.5. The lowest BCUT2D eigenvalue weighted by molar-refractivity contribution is 0.171. The van der Waals surface area contributed by atoms with Crippen molar-refractivity contribution < 1.29 is 13.2 Å². The van der Waals surface area contributed by atoms with Crippen LogP contribution in [0.5, 0.6) is 0 Å². The van der Waals surface area contributed by atoms with E-state index in [4.69, 9.17) is 0 Å². The minimum atomic E-state index is -0.807. The highest BCUT2D eigenvalue weighted by Crippen LogP contribution is 2.44.